The predicted octanol–water partition coefficient (Wildman–Crippen LogP) is 2.97. The molecule has 3 aromatic heterocycles. The summed E-state index contributed by atoms with van der Waals surface area (Å²) in [6, 6.07) is 4.17. The van der Waals surface area contributed by atoms with Crippen molar-refractivity contribution < 1.29 is 4.79 Å². The van der Waals surface area contributed by atoms with Crippen LogP contribution in [0.3, 0.4) is 0 Å². The van der Waals surface area contributed by atoms with Crippen LogP contribution in [0.1, 0.15) is 47.0 Å². The third-order valence-corrected chi connectivity index (χ3v) is 6.28. The largest absolute Gasteiger partial charge is 0.353 e. The van der Waals surface area contributed by atoms with Gasteiger partial charge < -0.3 is 9.80 Å². The maximum absolute atomic E-state index is 12.8. The van der Waals surface area contributed by atoms with Crippen LogP contribution < -0.4 is 4.90 Å². The van der Waals surface area contributed by atoms with Crippen LogP contribution in [0.25, 0.3) is 5.78 Å². The van der Waals surface area contributed by atoms with Gasteiger partial charge in [0, 0.05) is 44.4 Å². The second-order valence-electron chi connectivity index (χ2n) is 7.17. The van der Waals surface area contributed by atoms with E-state index in [0.717, 1.165) is 54.4 Å². The zero-order valence-corrected chi connectivity index (χ0v) is 17.5. The van der Waals surface area contributed by atoms with Gasteiger partial charge in [-0.05, 0) is 30.4 Å². The first-order valence-corrected chi connectivity index (χ1v) is 10.8. The van der Waals surface area contributed by atoms with Crippen LogP contribution in [0.4, 0.5) is 5.82 Å². The summed E-state index contributed by atoms with van der Waals surface area (Å²) in [5, 5.41) is 10.6. The topological polar surface area (TPSA) is 66.6 Å². The molecule has 3 aromatic rings. The number of thiophene rings is 1. The van der Waals surface area contributed by atoms with E-state index in [-0.39, 0.29) is 5.91 Å². The molecule has 8 heteroatoms. The van der Waals surface area contributed by atoms with E-state index in [0.29, 0.717) is 18.9 Å². The van der Waals surface area contributed by atoms with Crippen molar-refractivity contribution in [3.05, 3.63) is 39.5 Å². The number of aromatic nitrogens is 4. The van der Waals surface area contributed by atoms with E-state index in [1.54, 1.807) is 0 Å². The fourth-order valence-electron chi connectivity index (χ4n) is 3.73. The molecule has 1 fully saturated rings. The molecule has 1 saturated heterocycles. The van der Waals surface area contributed by atoms with Crippen molar-refractivity contribution >= 4 is 28.8 Å². The van der Waals surface area contributed by atoms with Crippen molar-refractivity contribution in [2.75, 3.05) is 31.1 Å². The number of hydrogen-bond acceptors (Lipinski definition) is 6. The first kappa shape index (κ1) is 18.9. The van der Waals surface area contributed by atoms with E-state index in [4.69, 9.17) is 4.98 Å². The van der Waals surface area contributed by atoms with E-state index in [2.05, 4.69) is 39.4 Å². The molecule has 0 aliphatic carbocycles. The summed E-state index contributed by atoms with van der Waals surface area (Å²) in [6.45, 7) is 9.24. The van der Waals surface area contributed by atoms with Crippen LogP contribution in [-0.2, 0) is 12.8 Å². The van der Waals surface area contributed by atoms with Crippen LogP contribution >= 0.6 is 11.3 Å². The van der Waals surface area contributed by atoms with Crippen molar-refractivity contribution in [2.45, 2.75) is 40.0 Å². The smallest absolute Gasteiger partial charge is 0.264 e. The maximum atomic E-state index is 12.8. The van der Waals surface area contributed by atoms with Gasteiger partial charge in [0.1, 0.15) is 11.6 Å². The Kier molecular flexibility index (Phi) is 5.30. The number of hydrogen-bond donors (Lipinski definition) is 0. The minimum Gasteiger partial charge on any atom is -0.353 e. The van der Waals surface area contributed by atoms with E-state index in [1.807, 2.05) is 23.3 Å². The molecule has 4 heterocycles. The number of nitrogens with zero attached hydrogens (tertiary/aromatic N) is 6. The fraction of sp³-hybridized carbons (Fsp3) is 0.500. The highest BCUT2D eigenvalue weighted by molar-refractivity contribution is 7.12. The van der Waals surface area contributed by atoms with Gasteiger partial charge >= 0.3 is 0 Å². The Balaban J connectivity index is 1.54. The molecule has 1 amide bonds. The molecule has 0 radical (unpaired) electrons. The molecule has 28 heavy (non-hydrogen) atoms. The van der Waals surface area contributed by atoms with Crippen molar-refractivity contribution in [1.29, 1.82) is 0 Å². The summed E-state index contributed by atoms with van der Waals surface area (Å²) in [6.07, 6.45) is 2.86. The van der Waals surface area contributed by atoms with E-state index >= 15 is 0 Å². The zero-order valence-electron chi connectivity index (χ0n) is 16.7. The minimum atomic E-state index is 0.146. The van der Waals surface area contributed by atoms with Crippen LogP contribution in [0.5, 0.6) is 0 Å². The summed E-state index contributed by atoms with van der Waals surface area (Å²) >= 11 is 1.53. The van der Waals surface area contributed by atoms with Crippen LogP contribution in [0.15, 0.2) is 17.5 Å². The number of rotatable bonds is 5. The van der Waals surface area contributed by atoms with E-state index in [9.17, 15) is 4.79 Å². The average molecular weight is 399 g/mol. The van der Waals surface area contributed by atoms with Gasteiger partial charge in [-0.3, -0.25) is 9.20 Å². The molecule has 0 bridgehead atoms. The lowest BCUT2D eigenvalue weighted by Crippen LogP contribution is -2.49. The lowest BCUT2D eigenvalue weighted by molar-refractivity contribution is 0.0750. The van der Waals surface area contributed by atoms with Crippen molar-refractivity contribution in [2.24, 2.45) is 0 Å². The molecule has 1 aliphatic heterocycles. The normalized spacial score (nSPS) is 14.8. The monoisotopic (exact) mass is 398 g/mol. The lowest BCUT2D eigenvalue weighted by Gasteiger charge is -2.35. The van der Waals surface area contributed by atoms with Gasteiger partial charge in [0.05, 0.1) is 4.88 Å². The Labute approximate surface area is 169 Å². The number of piperazine rings is 1. The summed E-state index contributed by atoms with van der Waals surface area (Å²) in [7, 11) is 0. The number of anilines is 1. The summed E-state index contributed by atoms with van der Waals surface area (Å²) < 4.78 is 2.09. The molecule has 0 aromatic carbocycles. The molecule has 7 nitrogen and oxygen atoms in total. The Morgan fingerprint density at radius 2 is 1.96 bits per heavy atom. The molecule has 0 saturated carbocycles. The second kappa shape index (κ2) is 7.87. The van der Waals surface area contributed by atoms with Gasteiger partial charge in [0.15, 0.2) is 0 Å². The van der Waals surface area contributed by atoms with Crippen LogP contribution in [-0.4, -0.2) is 56.6 Å². The second-order valence-corrected chi connectivity index (χ2v) is 8.09. The molecular weight excluding hydrogens is 372 g/mol. The number of aryl methyl sites for hydroxylation is 3. The molecule has 0 N–H and O–H groups in total. The third kappa shape index (κ3) is 3.37. The predicted molar refractivity (Wildman–Crippen MR) is 111 cm³/mol. The molecule has 0 atom stereocenters. The number of amides is 1. The SMILES string of the molecule is CCCc1cc(N2CCN(C(=O)c3sccc3C)CC2)nc2nnc(CC)n12. The molecule has 0 unspecified atom stereocenters. The van der Waals surface area contributed by atoms with Crippen LogP contribution in [0, 0.1) is 6.92 Å². The number of carbonyl (C=O) groups excluding carboxylic acids is 1. The first-order chi connectivity index (χ1) is 13.6. The number of carbonyl (C=O) groups is 1. The number of fused-ring (bicyclic) bond motifs is 1. The summed E-state index contributed by atoms with van der Waals surface area (Å²) in [4.78, 5) is 22.6. The Morgan fingerprint density at radius 1 is 1.18 bits per heavy atom. The Bertz CT molecular complexity index is 986. The Morgan fingerprint density at radius 3 is 2.61 bits per heavy atom. The van der Waals surface area contributed by atoms with Gasteiger partial charge in [0.25, 0.3) is 11.7 Å². The van der Waals surface area contributed by atoms with Gasteiger partial charge in [-0.25, -0.2) is 0 Å². The summed E-state index contributed by atoms with van der Waals surface area (Å²) in [5.74, 6) is 2.71. The average Bonchev–Trinajstić information content (AvgIpc) is 3.33. The standard InChI is InChI=1S/C20H26N6OS/c1-4-6-15-13-17(21-20-23-22-16(5-2)26(15)20)24-8-10-25(11-9-24)19(27)18-14(3)7-12-28-18/h7,12-13H,4-6,8-11H2,1-3H3. The Hall–Kier alpha value is -2.48. The van der Waals surface area contributed by atoms with Gasteiger partial charge in [0.2, 0.25) is 0 Å². The van der Waals surface area contributed by atoms with Crippen molar-refractivity contribution in [3.63, 3.8) is 0 Å². The van der Waals surface area contributed by atoms with Crippen molar-refractivity contribution in [1.82, 2.24) is 24.5 Å². The van der Waals surface area contributed by atoms with Gasteiger partial charge in [-0.15, -0.1) is 21.5 Å². The van der Waals surface area contributed by atoms with Crippen LogP contribution in [0.2, 0.25) is 0 Å². The fourth-order valence-corrected chi connectivity index (χ4v) is 4.62. The third-order valence-electron chi connectivity index (χ3n) is 5.28. The molecule has 4 rings (SSSR count). The van der Waals surface area contributed by atoms with Gasteiger partial charge in [-0.1, -0.05) is 20.3 Å². The van der Waals surface area contributed by atoms with Crippen molar-refractivity contribution in [3.8, 4) is 0 Å². The highest BCUT2D eigenvalue weighted by Gasteiger charge is 2.25. The quantitative estimate of drug-likeness (QED) is 0.661. The summed E-state index contributed by atoms with van der Waals surface area (Å²) in [5.41, 5.74) is 2.27. The highest BCUT2D eigenvalue weighted by atomic mass is 32.1. The molecule has 1 aliphatic rings. The molecular formula is C20H26N6OS. The lowest BCUT2D eigenvalue weighted by atomic mass is 10.2. The first-order valence-electron chi connectivity index (χ1n) is 9.94. The minimum absolute atomic E-state index is 0.146. The zero-order chi connectivity index (χ0) is 19.7. The van der Waals surface area contributed by atoms with E-state index < -0.39 is 0 Å². The van der Waals surface area contributed by atoms with Gasteiger partial charge in [-0.2, -0.15) is 4.98 Å². The highest BCUT2D eigenvalue weighted by Crippen LogP contribution is 2.22. The molecule has 148 valence electrons. The van der Waals surface area contributed by atoms with E-state index in [1.165, 1.54) is 17.0 Å². The molecule has 0 spiro atoms. The maximum Gasteiger partial charge on any atom is 0.264 e.